The molecule has 1 atom stereocenters. The maximum Gasteiger partial charge on any atom is 0.0167 e. The molecule has 70 valence electrons. The molecule has 1 unspecified atom stereocenters. The molecule has 1 aliphatic heterocycles. The second-order valence-electron chi connectivity index (χ2n) is 3.51. The Morgan fingerprint density at radius 3 is 3.08 bits per heavy atom. The molecule has 2 heteroatoms. The molecule has 0 saturated carbocycles. The molecule has 0 aliphatic carbocycles. The van der Waals surface area contributed by atoms with Crippen molar-refractivity contribution >= 4 is 0 Å². The highest BCUT2D eigenvalue weighted by Gasteiger charge is 2.13. The molecule has 1 aliphatic rings. The van der Waals surface area contributed by atoms with E-state index in [0.717, 1.165) is 6.54 Å². The number of rotatable bonds is 3. The van der Waals surface area contributed by atoms with Crippen LogP contribution in [-0.4, -0.2) is 37.1 Å². The Kier molecular flexibility index (Phi) is 4.33. The Morgan fingerprint density at radius 2 is 2.42 bits per heavy atom. The first-order valence-corrected chi connectivity index (χ1v) is 4.90. The lowest BCUT2D eigenvalue weighted by Crippen LogP contribution is -2.49. The Balaban J connectivity index is 2.14. The van der Waals surface area contributed by atoms with Crippen LogP contribution in [0.2, 0.25) is 0 Å². The van der Waals surface area contributed by atoms with Crippen LogP contribution in [0.1, 0.15) is 20.3 Å². The number of hydrogen-bond donors (Lipinski definition) is 1. The fourth-order valence-electron chi connectivity index (χ4n) is 1.64. The summed E-state index contributed by atoms with van der Waals surface area (Å²) in [5.74, 6) is 0. The summed E-state index contributed by atoms with van der Waals surface area (Å²) in [6, 6.07) is 0.671. The van der Waals surface area contributed by atoms with Gasteiger partial charge in [-0.25, -0.2) is 0 Å². The fraction of sp³-hybridized carbons (Fsp3) is 0.800. The minimum Gasteiger partial charge on any atom is -0.312 e. The van der Waals surface area contributed by atoms with Gasteiger partial charge in [0.2, 0.25) is 0 Å². The lowest BCUT2D eigenvalue weighted by Gasteiger charge is -2.31. The average Bonchev–Trinajstić information content (AvgIpc) is 2.05. The molecular weight excluding hydrogens is 148 g/mol. The van der Waals surface area contributed by atoms with Crippen molar-refractivity contribution in [2.45, 2.75) is 26.3 Å². The summed E-state index contributed by atoms with van der Waals surface area (Å²) in [5.41, 5.74) is 0. The van der Waals surface area contributed by atoms with Gasteiger partial charge in [0, 0.05) is 32.2 Å². The van der Waals surface area contributed by atoms with Crippen LogP contribution in [0.25, 0.3) is 0 Å². The van der Waals surface area contributed by atoms with Crippen LogP contribution in [0, 0.1) is 0 Å². The van der Waals surface area contributed by atoms with Crippen molar-refractivity contribution in [3.63, 3.8) is 0 Å². The maximum atomic E-state index is 3.44. The van der Waals surface area contributed by atoms with E-state index in [9.17, 15) is 0 Å². The van der Waals surface area contributed by atoms with Gasteiger partial charge in [-0.1, -0.05) is 12.2 Å². The molecule has 0 amide bonds. The van der Waals surface area contributed by atoms with Crippen LogP contribution in [-0.2, 0) is 0 Å². The number of allylic oxidation sites excluding steroid dienone is 1. The van der Waals surface area contributed by atoms with Crippen LogP contribution in [0.3, 0.4) is 0 Å². The third-order valence-electron chi connectivity index (χ3n) is 2.30. The predicted molar refractivity (Wildman–Crippen MR) is 53.3 cm³/mol. The quantitative estimate of drug-likeness (QED) is 0.638. The zero-order chi connectivity index (χ0) is 8.81. The summed E-state index contributed by atoms with van der Waals surface area (Å²) in [7, 11) is 0. The first-order valence-electron chi connectivity index (χ1n) is 4.90. The summed E-state index contributed by atoms with van der Waals surface area (Å²) in [5, 5.41) is 3.44. The summed E-state index contributed by atoms with van der Waals surface area (Å²) in [4.78, 5) is 2.53. The minimum absolute atomic E-state index is 0.671. The molecule has 0 aromatic rings. The highest BCUT2D eigenvalue weighted by atomic mass is 15.2. The first-order chi connectivity index (χ1) is 5.83. The number of hydrogen-bond acceptors (Lipinski definition) is 2. The Hall–Kier alpha value is -0.340. The molecule has 1 saturated heterocycles. The standard InChI is InChI=1S/C10H20N2/c1-3-4-5-7-12-8-6-11-10(2)9-12/h3-4,10-11H,5-9H2,1-2H3/b4-3+. The highest BCUT2D eigenvalue weighted by Crippen LogP contribution is 1.99. The summed E-state index contributed by atoms with van der Waals surface area (Å²) < 4.78 is 0. The van der Waals surface area contributed by atoms with Gasteiger partial charge in [-0.15, -0.1) is 0 Å². The third kappa shape index (κ3) is 3.37. The molecule has 2 nitrogen and oxygen atoms in total. The van der Waals surface area contributed by atoms with Crippen LogP contribution in [0.4, 0.5) is 0 Å². The molecule has 0 aromatic heterocycles. The normalized spacial score (nSPS) is 26.7. The van der Waals surface area contributed by atoms with Gasteiger partial charge < -0.3 is 10.2 Å². The molecular formula is C10H20N2. The number of nitrogens with one attached hydrogen (secondary N) is 1. The Labute approximate surface area is 75.6 Å². The molecule has 0 radical (unpaired) electrons. The van der Waals surface area contributed by atoms with Gasteiger partial charge in [0.1, 0.15) is 0 Å². The second kappa shape index (κ2) is 5.33. The molecule has 12 heavy (non-hydrogen) atoms. The number of piperazine rings is 1. The van der Waals surface area contributed by atoms with Gasteiger partial charge in [0.05, 0.1) is 0 Å². The van der Waals surface area contributed by atoms with Crippen molar-refractivity contribution in [3.05, 3.63) is 12.2 Å². The lowest BCUT2D eigenvalue weighted by molar-refractivity contribution is 0.210. The smallest absolute Gasteiger partial charge is 0.0167 e. The average molecular weight is 168 g/mol. The maximum absolute atomic E-state index is 3.44. The van der Waals surface area contributed by atoms with Crippen molar-refractivity contribution in [3.8, 4) is 0 Å². The van der Waals surface area contributed by atoms with Crippen molar-refractivity contribution in [2.75, 3.05) is 26.2 Å². The van der Waals surface area contributed by atoms with Gasteiger partial charge in [-0.05, 0) is 20.3 Å². The van der Waals surface area contributed by atoms with Crippen LogP contribution in [0.15, 0.2) is 12.2 Å². The second-order valence-corrected chi connectivity index (χ2v) is 3.51. The van der Waals surface area contributed by atoms with Gasteiger partial charge in [-0.2, -0.15) is 0 Å². The SMILES string of the molecule is C/C=C/CCN1CCNC(C)C1. The van der Waals surface area contributed by atoms with Crippen LogP contribution in [0.5, 0.6) is 0 Å². The van der Waals surface area contributed by atoms with Crippen molar-refractivity contribution in [1.82, 2.24) is 10.2 Å². The third-order valence-corrected chi connectivity index (χ3v) is 2.30. The molecule has 0 aromatic carbocycles. The molecule has 0 bridgehead atoms. The van der Waals surface area contributed by atoms with Gasteiger partial charge in [0.15, 0.2) is 0 Å². The van der Waals surface area contributed by atoms with Crippen molar-refractivity contribution < 1.29 is 0 Å². The summed E-state index contributed by atoms with van der Waals surface area (Å²) in [6.45, 7) is 9.12. The van der Waals surface area contributed by atoms with Gasteiger partial charge in [0.25, 0.3) is 0 Å². The number of nitrogens with zero attached hydrogens (tertiary/aromatic N) is 1. The van der Waals surface area contributed by atoms with E-state index in [2.05, 4.69) is 36.2 Å². The Bertz CT molecular complexity index is 143. The van der Waals surface area contributed by atoms with Crippen molar-refractivity contribution in [2.24, 2.45) is 0 Å². The van der Waals surface area contributed by atoms with Crippen LogP contribution >= 0.6 is 0 Å². The zero-order valence-electron chi connectivity index (χ0n) is 8.21. The highest BCUT2D eigenvalue weighted by molar-refractivity contribution is 4.81. The molecule has 1 fully saturated rings. The molecule has 1 rings (SSSR count). The van der Waals surface area contributed by atoms with E-state index in [-0.39, 0.29) is 0 Å². The Morgan fingerprint density at radius 1 is 1.58 bits per heavy atom. The van der Waals surface area contributed by atoms with Crippen LogP contribution < -0.4 is 5.32 Å². The minimum atomic E-state index is 0.671. The summed E-state index contributed by atoms with van der Waals surface area (Å²) >= 11 is 0. The van der Waals surface area contributed by atoms with E-state index < -0.39 is 0 Å². The lowest BCUT2D eigenvalue weighted by atomic mass is 10.2. The van der Waals surface area contributed by atoms with E-state index in [1.807, 2.05) is 0 Å². The molecule has 1 heterocycles. The van der Waals surface area contributed by atoms with E-state index in [0.29, 0.717) is 6.04 Å². The van der Waals surface area contributed by atoms with E-state index >= 15 is 0 Å². The monoisotopic (exact) mass is 168 g/mol. The fourth-order valence-corrected chi connectivity index (χ4v) is 1.64. The van der Waals surface area contributed by atoms with E-state index in [1.165, 1.54) is 26.1 Å². The molecule has 1 N–H and O–H groups in total. The topological polar surface area (TPSA) is 15.3 Å². The van der Waals surface area contributed by atoms with Gasteiger partial charge in [-0.3, -0.25) is 0 Å². The molecule has 0 spiro atoms. The predicted octanol–water partition coefficient (Wildman–Crippen LogP) is 1.25. The van der Waals surface area contributed by atoms with E-state index in [1.54, 1.807) is 0 Å². The van der Waals surface area contributed by atoms with E-state index in [4.69, 9.17) is 0 Å². The summed E-state index contributed by atoms with van der Waals surface area (Å²) in [6.07, 6.45) is 5.57. The van der Waals surface area contributed by atoms with Gasteiger partial charge >= 0.3 is 0 Å². The van der Waals surface area contributed by atoms with Crippen molar-refractivity contribution in [1.29, 1.82) is 0 Å². The zero-order valence-corrected chi connectivity index (χ0v) is 8.21. The largest absolute Gasteiger partial charge is 0.312 e. The first kappa shape index (κ1) is 9.75.